The van der Waals surface area contributed by atoms with E-state index in [0.717, 1.165) is 20.8 Å². The molecule has 0 aliphatic heterocycles. The van der Waals surface area contributed by atoms with Crippen LogP contribution in [0.5, 0.6) is 0 Å². The van der Waals surface area contributed by atoms with Gasteiger partial charge in [-0.1, -0.05) is 41.2 Å². The molecule has 4 rings (SSSR count). The number of rotatable bonds is 8. The van der Waals surface area contributed by atoms with Crippen LogP contribution in [0.15, 0.2) is 63.2 Å². The van der Waals surface area contributed by atoms with E-state index in [0.29, 0.717) is 29.4 Å². The van der Waals surface area contributed by atoms with Crippen molar-refractivity contribution in [1.29, 1.82) is 0 Å². The van der Waals surface area contributed by atoms with Crippen LogP contribution in [0.4, 0.5) is 0 Å². The third kappa shape index (κ3) is 4.56. The Balaban J connectivity index is 1.67. The first-order valence-electron chi connectivity index (χ1n) is 9.65. The average Bonchev–Trinajstić information content (AvgIpc) is 3.32. The van der Waals surface area contributed by atoms with Crippen LogP contribution in [-0.4, -0.2) is 39.2 Å². The SMILES string of the molecule is Cc1ccc(SCc2[nH]n(-c3nc4ccccc4s3)c(=O)c2C=NCCCO)cc1. The molecule has 0 saturated carbocycles. The Morgan fingerprint density at radius 1 is 1.23 bits per heavy atom. The van der Waals surface area contributed by atoms with Gasteiger partial charge in [0, 0.05) is 30.0 Å². The van der Waals surface area contributed by atoms with Gasteiger partial charge in [-0.25, -0.2) is 4.98 Å². The number of H-pyrrole nitrogens is 1. The number of hydrogen-bond donors (Lipinski definition) is 2. The number of aliphatic hydroxyl groups is 1. The first kappa shape index (κ1) is 20.6. The summed E-state index contributed by atoms with van der Waals surface area (Å²) in [5.74, 6) is 0.609. The van der Waals surface area contributed by atoms with Crippen molar-refractivity contribution in [2.75, 3.05) is 13.2 Å². The average molecular weight is 439 g/mol. The van der Waals surface area contributed by atoms with Gasteiger partial charge >= 0.3 is 0 Å². The second-order valence-electron chi connectivity index (χ2n) is 6.82. The van der Waals surface area contributed by atoms with E-state index in [4.69, 9.17) is 5.11 Å². The third-order valence-corrected chi connectivity index (χ3v) is 6.61. The second-order valence-corrected chi connectivity index (χ2v) is 8.88. The van der Waals surface area contributed by atoms with Gasteiger partial charge in [-0.2, -0.15) is 4.68 Å². The Hall–Kier alpha value is -2.68. The maximum absolute atomic E-state index is 13.1. The smallest absolute Gasteiger partial charge is 0.282 e. The molecule has 2 aromatic carbocycles. The van der Waals surface area contributed by atoms with Crippen LogP contribution >= 0.6 is 23.1 Å². The molecule has 0 aliphatic rings. The molecule has 0 unspecified atom stereocenters. The molecule has 0 atom stereocenters. The van der Waals surface area contributed by atoms with E-state index in [2.05, 4.69) is 46.3 Å². The van der Waals surface area contributed by atoms with Crippen molar-refractivity contribution in [3.05, 3.63) is 75.7 Å². The number of nitrogens with zero attached hydrogens (tertiary/aromatic N) is 3. The first-order valence-corrected chi connectivity index (χ1v) is 11.5. The molecular formula is C22H22N4O2S2. The number of nitrogens with one attached hydrogen (secondary N) is 1. The van der Waals surface area contributed by atoms with Crippen LogP contribution in [0.25, 0.3) is 15.3 Å². The van der Waals surface area contributed by atoms with E-state index in [-0.39, 0.29) is 12.2 Å². The van der Waals surface area contributed by atoms with Crippen molar-refractivity contribution >= 4 is 39.5 Å². The molecule has 30 heavy (non-hydrogen) atoms. The summed E-state index contributed by atoms with van der Waals surface area (Å²) in [4.78, 5) is 23.2. The lowest BCUT2D eigenvalue weighted by Gasteiger charge is -2.02. The number of aromatic nitrogens is 3. The number of benzene rings is 2. The molecule has 154 valence electrons. The third-order valence-electron chi connectivity index (χ3n) is 4.55. The summed E-state index contributed by atoms with van der Waals surface area (Å²) in [5, 5.41) is 12.8. The van der Waals surface area contributed by atoms with Gasteiger partial charge < -0.3 is 5.11 Å². The molecule has 0 radical (unpaired) electrons. The molecule has 8 heteroatoms. The zero-order valence-electron chi connectivity index (χ0n) is 16.5. The summed E-state index contributed by atoms with van der Waals surface area (Å²) < 4.78 is 2.53. The summed E-state index contributed by atoms with van der Waals surface area (Å²) >= 11 is 3.13. The van der Waals surface area contributed by atoms with E-state index in [1.54, 1.807) is 18.0 Å². The second kappa shape index (κ2) is 9.42. The quantitative estimate of drug-likeness (QED) is 0.246. The number of hydrogen-bond acceptors (Lipinski definition) is 6. The summed E-state index contributed by atoms with van der Waals surface area (Å²) in [6, 6.07) is 16.2. The topological polar surface area (TPSA) is 83.3 Å². The molecule has 2 aromatic heterocycles. The van der Waals surface area contributed by atoms with Gasteiger partial charge in [-0.15, -0.1) is 11.8 Å². The Labute approximate surface area is 182 Å². The fraction of sp³-hybridized carbons (Fsp3) is 0.227. The number of thioether (sulfide) groups is 1. The predicted octanol–water partition coefficient (Wildman–Crippen LogP) is 4.18. The van der Waals surface area contributed by atoms with Gasteiger partial charge in [0.15, 0.2) is 0 Å². The van der Waals surface area contributed by atoms with Crippen LogP contribution in [0.3, 0.4) is 0 Å². The van der Waals surface area contributed by atoms with Crippen molar-refractivity contribution < 1.29 is 5.11 Å². The number of aryl methyl sites for hydroxylation is 1. The molecule has 0 spiro atoms. The Morgan fingerprint density at radius 3 is 2.80 bits per heavy atom. The largest absolute Gasteiger partial charge is 0.396 e. The van der Waals surface area contributed by atoms with Crippen LogP contribution < -0.4 is 5.56 Å². The van der Waals surface area contributed by atoms with Crippen LogP contribution in [-0.2, 0) is 5.75 Å². The fourth-order valence-electron chi connectivity index (χ4n) is 2.94. The minimum atomic E-state index is -0.165. The number of thiazole rings is 1. The monoisotopic (exact) mass is 438 g/mol. The van der Waals surface area contributed by atoms with Gasteiger partial charge in [-0.05, 0) is 37.6 Å². The van der Waals surface area contributed by atoms with Crippen LogP contribution in [0.1, 0.15) is 23.2 Å². The molecule has 4 aromatic rings. The highest BCUT2D eigenvalue weighted by Crippen LogP contribution is 2.26. The van der Waals surface area contributed by atoms with E-state index < -0.39 is 0 Å². The lowest BCUT2D eigenvalue weighted by molar-refractivity contribution is 0.291. The molecule has 0 fully saturated rings. The zero-order valence-corrected chi connectivity index (χ0v) is 18.2. The van der Waals surface area contributed by atoms with Crippen molar-refractivity contribution in [2.45, 2.75) is 24.0 Å². The van der Waals surface area contributed by atoms with Gasteiger partial charge in [0.2, 0.25) is 5.13 Å². The van der Waals surface area contributed by atoms with Gasteiger partial charge in [0.1, 0.15) is 0 Å². The molecule has 0 amide bonds. The highest BCUT2D eigenvalue weighted by atomic mass is 32.2. The standard InChI is InChI=1S/C22H22N4O2S2/c1-15-7-9-16(10-8-15)29-14-19-17(13-23-11-4-12-27)21(28)26(25-19)22-24-18-5-2-3-6-20(18)30-22/h2-3,5-10,13,25,27H,4,11-12,14H2,1H3. The van der Waals surface area contributed by atoms with Crippen LogP contribution in [0.2, 0.25) is 0 Å². The van der Waals surface area contributed by atoms with E-state index in [9.17, 15) is 4.79 Å². The lowest BCUT2D eigenvalue weighted by Crippen LogP contribution is -2.17. The highest BCUT2D eigenvalue weighted by molar-refractivity contribution is 7.98. The van der Waals surface area contributed by atoms with Crippen molar-refractivity contribution in [3.8, 4) is 5.13 Å². The highest BCUT2D eigenvalue weighted by Gasteiger charge is 2.16. The Kier molecular flexibility index (Phi) is 6.47. The number of fused-ring (bicyclic) bond motifs is 1. The molecule has 0 saturated heterocycles. The Bertz CT molecular complexity index is 1190. The minimum Gasteiger partial charge on any atom is -0.396 e. The molecule has 6 nitrogen and oxygen atoms in total. The summed E-state index contributed by atoms with van der Waals surface area (Å²) in [5.41, 5.74) is 3.25. The van der Waals surface area contributed by atoms with Crippen molar-refractivity contribution in [2.24, 2.45) is 4.99 Å². The number of aliphatic hydroxyl groups excluding tert-OH is 1. The minimum absolute atomic E-state index is 0.0799. The molecule has 2 N–H and O–H groups in total. The molecule has 0 bridgehead atoms. The Morgan fingerprint density at radius 2 is 2.03 bits per heavy atom. The number of para-hydroxylation sites is 1. The normalized spacial score (nSPS) is 11.7. The maximum atomic E-state index is 13.1. The van der Waals surface area contributed by atoms with Crippen molar-refractivity contribution in [1.82, 2.24) is 14.8 Å². The van der Waals surface area contributed by atoms with Gasteiger partial charge in [0.25, 0.3) is 5.56 Å². The lowest BCUT2D eigenvalue weighted by atomic mass is 10.2. The molecule has 2 heterocycles. The maximum Gasteiger partial charge on any atom is 0.282 e. The van der Waals surface area contributed by atoms with E-state index >= 15 is 0 Å². The summed E-state index contributed by atoms with van der Waals surface area (Å²) in [6.07, 6.45) is 2.18. The zero-order chi connectivity index (χ0) is 20.9. The molecular weight excluding hydrogens is 416 g/mol. The predicted molar refractivity (Wildman–Crippen MR) is 124 cm³/mol. The number of aromatic amines is 1. The van der Waals surface area contributed by atoms with Gasteiger partial charge in [0.05, 0.1) is 21.5 Å². The van der Waals surface area contributed by atoms with Crippen LogP contribution in [0, 0.1) is 6.92 Å². The van der Waals surface area contributed by atoms with E-state index in [1.807, 2.05) is 24.3 Å². The summed E-state index contributed by atoms with van der Waals surface area (Å²) in [6.45, 7) is 2.62. The fourth-order valence-corrected chi connectivity index (χ4v) is 4.72. The molecule has 0 aliphatic carbocycles. The van der Waals surface area contributed by atoms with Crippen molar-refractivity contribution in [3.63, 3.8) is 0 Å². The number of aliphatic imine (C=N–C) groups is 1. The first-order chi connectivity index (χ1) is 14.7. The summed E-state index contributed by atoms with van der Waals surface area (Å²) in [7, 11) is 0. The van der Waals surface area contributed by atoms with Gasteiger partial charge in [-0.3, -0.25) is 14.9 Å². The van der Waals surface area contributed by atoms with E-state index in [1.165, 1.54) is 21.6 Å².